The molecule has 4 aromatic rings. The number of hydrogen-bond donors (Lipinski definition) is 1. The number of benzene rings is 3. The lowest BCUT2D eigenvalue weighted by molar-refractivity contribution is -0.384. The number of nitro groups is 1. The monoisotopic (exact) mass is 544 g/mol. The molecule has 0 spiro atoms. The number of hydrogen-bond acceptors (Lipinski definition) is 7. The average molecular weight is 545 g/mol. The topological polar surface area (TPSA) is 127 Å². The number of non-ortho nitro benzene ring substituents is 1. The number of halogens is 1. The molecule has 1 aromatic heterocycles. The van der Waals surface area contributed by atoms with Crippen LogP contribution in [0.2, 0.25) is 5.02 Å². The summed E-state index contributed by atoms with van der Waals surface area (Å²) in [5.41, 5.74) is 2.30. The summed E-state index contributed by atoms with van der Waals surface area (Å²) in [4.78, 5) is 24.3. The molecule has 190 valence electrons. The van der Waals surface area contributed by atoms with Crippen molar-refractivity contribution in [3.05, 3.63) is 98.6 Å². The second kappa shape index (κ2) is 11.7. The van der Waals surface area contributed by atoms with E-state index in [1.807, 2.05) is 48.7 Å². The molecule has 11 heteroatoms. The fourth-order valence-electron chi connectivity index (χ4n) is 3.58. The van der Waals surface area contributed by atoms with Gasteiger partial charge in [0, 0.05) is 39.8 Å². The number of nitro benzene ring substituents is 1. The molecule has 0 unspecified atom stereocenters. The zero-order chi connectivity index (χ0) is 27.2. The van der Waals surface area contributed by atoms with Gasteiger partial charge in [-0.3, -0.25) is 14.9 Å². The van der Waals surface area contributed by atoms with Crippen LogP contribution < -0.4 is 5.32 Å². The summed E-state index contributed by atoms with van der Waals surface area (Å²) >= 11 is 7.37. The van der Waals surface area contributed by atoms with Crippen LogP contribution in [0.15, 0.2) is 82.4 Å². The van der Waals surface area contributed by atoms with E-state index in [4.69, 9.17) is 11.6 Å². The highest BCUT2D eigenvalue weighted by Crippen LogP contribution is 2.35. The first-order valence-corrected chi connectivity index (χ1v) is 12.6. The molecule has 1 amide bonds. The molecule has 0 atom stereocenters. The first-order valence-electron chi connectivity index (χ1n) is 11.4. The highest BCUT2D eigenvalue weighted by atomic mass is 35.5. The lowest BCUT2D eigenvalue weighted by Gasteiger charge is -2.10. The van der Waals surface area contributed by atoms with Crippen molar-refractivity contribution in [3.63, 3.8) is 0 Å². The first-order chi connectivity index (χ1) is 18.3. The van der Waals surface area contributed by atoms with E-state index < -0.39 is 10.8 Å². The molecular weight excluding hydrogens is 524 g/mol. The Labute approximate surface area is 227 Å². The number of nitrogens with zero attached hydrogens (tertiary/aromatic N) is 5. The van der Waals surface area contributed by atoms with Crippen molar-refractivity contribution >= 4 is 46.7 Å². The van der Waals surface area contributed by atoms with Gasteiger partial charge in [-0.2, -0.15) is 5.26 Å². The molecule has 9 nitrogen and oxygen atoms in total. The van der Waals surface area contributed by atoms with Crippen LogP contribution in [0.3, 0.4) is 0 Å². The second-order valence-electron chi connectivity index (χ2n) is 8.13. The summed E-state index contributed by atoms with van der Waals surface area (Å²) in [6.45, 7) is 4.42. The van der Waals surface area contributed by atoms with E-state index >= 15 is 0 Å². The molecule has 38 heavy (non-hydrogen) atoms. The van der Waals surface area contributed by atoms with E-state index in [9.17, 15) is 20.2 Å². The number of aromatic nitrogens is 3. The number of anilines is 1. The van der Waals surface area contributed by atoms with Gasteiger partial charge in [0.05, 0.1) is 4.92 Å². The molecule has 0 aliphatic heterocycles. The smallest absolute Gasteiger partial charge is 0.270 e. The van der Waals surface area contributed by atoms with Crippen LogP contribution in [0.1, 0.15) is 18.1 Å². The minimum absolute atomic E-state index is 0.173. The van der Waals surface area contributed by atoms with E-state index in [1.165, 1.54) is 30.0 Å². The molecule has 1 heterocycles. The number of amides is 1. The number of nitrogens with one attached hydrogen (secondary N) is 1. The summed E-state index contributed by atoms with van der Waals surface area (Å²) in [6.07, 6.45) is 1.34. The lowest BCUT2D eigenvalue weighted by Crippen LogP contribution is -2.13. The summed E-state index contributed by atoms with van der Waals surface area (Å²) in [6, 6.07) is 20.5. The van der Waals surface area contributed by atoms with E-state index in [2.05, 4.69) is 15.5 Å². The number of nitriles is 1. The quantitative estimate of drug-likeness (QED) is 0.115. The van der Waals surface area contributed by atoms with Crippen molar-refractivity contribution in [1.82, 2.24) is 14.8 Å². The van der Waals surface area contributed by atoms with Gasteiger partial charge in [0.2, 0.25) is 0 Å². The van der Waals surface area contributed by atoms with Crippen LogP contribution in [-0.2, 0) is 11.3 Å². The average Bonchev–Trinajstić information content (AvgIpc) is 3.31. The van der Waals surface area contributed by atoms with Gasteiger partial charge in [0.25, 0.3) is 11.6 Å². The van der Waals surface area contributed by atoms with Crippen molar-refractivity contribution < 1.29 is 9.72 Å². The molecule has 1 N–H and O–H groups in total. The molecule has 0 radical (unpaired) electrons. The van der Waals surface area contributed by atoms with Gasteiger partial charge in [-0.1, -0.05) is 41.4 Å². The van der Waals surface area contributed by atoms with Gasteiger partial charge < -0.3 is 9.88 Å². The van der Waals surface area contributed by atoms with Crippen LogP contribution in [0.25, 0.3) is 17.5 Å². The van der Waals surface area contributed by atoms with E-state index in [-0.39, 0.29) is 11.3 Å². The van der Waals surface area contributed by atoms with Gasteiger partial charge in [-0.25, -0.2) is 0 Å². The van der Waals surface area contributed by atoms with Crippen LogP contribution in [0.4, 0.5) is 11.4 Å². The number of carbonyl (C=O) groups excluding carboxylic acids is 1. The molecular formula is C27H21ClN6O3S. The number of rotatable bonds is 8. The van der Waals surface area contributed by atoms with Gasteiger partial charge in [-0.05, 0) is 67.6 Å². The van der Waals surface area contributed by atoms with Crippen molar-refractivity contribution in [1.29, 1.82) is 5.26 Å². The van der Waals surface area contributed by atoms with Crippen molar-refractivity contribution in [3.8, 4) is 17.5 Å². The zero-order valence-corrected chi connectivity index (χ0v) is 22.0. The number of aryl methyl sites for hydroxylation is 1. The Bertz CT molecular complexity index is 1590. The van der Waals surface area contributed by atoms with E-state index in [0.717, 1.165) is 11.1 Å². The minimum Gasteiger partial charge on any atom is -0.321 e. The van der Waals surface area contributed by atoms with Crippen LogP contribution in [0, 0.1) is 28.4 Å². The van der Waals surface area contributed by atoms with Gasteiger partial charge in [-0.15, -0.1) is 10.2 Å². The van der Waals surface area contributed by atoms with Crippen LogP contribution >= 0.6 is 23.4 Å². The fourth-order valence-corrected chi connectivity index (χ4v) is 4.75. The van der Waals surface area contributed by atoms with Crippen LogP contribution in [-0.4, -0.2) is 25.6 Å². The largest absolute Gasteiger partial charge is 0.321 e. The summed E-state index contributed by atoms with van der Waals surface area (Å²) in [5.74, 6) is -0.00882. The summed E-state index contributed by atoms with van der Waals surface area (Å²) < 4.78 is 1.89. The maximum Gasteiger partial charge on any atom is 0.270 e. The predicted octanol–water partition coefficient (Wildman–Crippen LogP) is 6.53. The van der Waals surface area contributed by atoms with E-state index in [1.54, 1.807) is 30.3 Å². The highest BCUT2D eigenvalue weighted by Gasteiger charge is 2.19. The minimum atomic E-state index is -0.626. The van der Waals surface area contributed by atoms with Crippen molar-refractivity contribution in [2.45, 2.75) is 30.4 Å². The predicted molar refractivity (Wildman–Crippen MR) is 147 cm³/mol. The fraction of sp³-hybridized carbons (Fsp3) is 0.111. The standard InChI is InChI=1S/C27H21ClN6O3S/c1-3-33-25(18-5-4-6-21(28)14-18)31-32-27(33)38-24-12-11-23(34(36)37)15-19(24)13-20(16-29)26(35)30-22-9-7-17(2)8-10-22/h4-15H,3H2,1-2H3,(H,30,35)/b20-13+. The maximum absolute atomic E-state index is 12.8. The Morgan fingerprint density at radius 3 is 2.61 bits per heavy atom. The lowest BCUT2D eigenvalue weighted by atomic mass is 10.1. The zero-order valence-electron chi connectivity index (χ0n) is 20.4. The molecule has 0 bridgehead atoms. The Hall–Kier alpha value is -4.46. The Morgan fingerprint density at radius 2 is 1.95 bits per heavy atom. The second-order valence-corrected chi connectivity index (χ2v) is 9.58. The normalized spacial score (nSPS) is 11.2. The molecule has 3 aromatic carbocycles. The molecule has 4 rings (SSSR count). The van der Waals surface area contributed by atoms with Gasteiger partial charge in [0.15, 0.2) is 11.0 Å². The number of carbonyl (C=O) groups is 1. The Morgan fingerprint density at radius 1 is 1.18 bits per heavy atom. The third-order valence-electron chi connectivity index (χ3n) is 5.50. The third kappa shape index (κ3) is 6.08. The molecule has 0 aliphatic carbocycles. The Balaban J connectivity index is 1.71. The van der Waals surface area contributed by atoms with Crippen LogP contribution in [0.5, 0.6) is 0 Å². The molecule has 0 saturated carbocycles. The first kappa shape index (κ1) is 26.6. The van der Waals surface area contributed by atoms with Crippen molar-refractivity contribution in [2.24, 2.45) is 0 Å². The summed E-state index contributed by atoms with van der Waals surface area (Å²) in [5, 5.41) is 33.6. The summed E-state index contributed by atoms with van der Waals surface area (Å²) in [7, 11) is 0. The van der Waals surface area contributed by atoms with Gasteiger partial charge in [0.1, 0.15) is 11.6 Å². The van der Waals surface area contributed by atoms with E-state index in [0.29, 0.717) is 38.7 Å². The molecule has 0 fully saturated rings. The Kier molecular flexibility index (Phi) is 8.21. The van der Waals surface area contributed by atoms with Crippen molar-refractivity contribution in [2.75, 3.05) is 5.32 Å². The highest BCUT2D eigenvalue weighted by molar-refractivity contribution is 7.99. The van der Waals surface area contributed by atoms with Gasteiger partial charge >= 0.3 is 0 Å². The third-order valence-corrected chi connectivity index (χ3v) is 6.81. The molecule has 0 aliphatic rings. The maximum atomic E-state index is 12.8. The molecule has 0 saturated heterocycles. The SMILES string of the molecule is CCn1c(Sc2ccc([N+](=O)[O-])cc2/C=C(\C#N)C(=O)Nc2ccc(C)cc2)nnc1-c1cccc(Cl)c1.